The van der Waals surface area contributed by atoms with Crippen molar-refractivity contribution in [3.63, 3.8) is 0 Å². The fraction of sp³-hybridized carbons (Fsp3) is 0.467. The molecule has 0 atom stereocenters. The molecule has 122 valence electrons. The smallest absolute Gasteiger partial charge is 0.411 e. The molecule has 1 aromatic rings. The summed E-state index contributed by atoms with van der Waals surface area (Å²) in [6.45, 7) is 2.16. The van der Waals surface area contributed by atoms with E-state index in [4.69, 9.17) is 4.74 Å². The monoisotopic (exact) mass is 308 g/mol. The molecular weight excluding hydrogens is 284 g/mol. The minimum Gasteiger partial charge on any atom is -0.453 e. The first kappa shape index (κ1) is 17.8. The number of rotatable bonds is 7. The number of nitrogens with one attached hydrogen (secondary N) is 3. The van der Waals surface area contributed by atoms with Crippen molar-refractivity contribution in [1.82, 2.24) is 10.6 Å². The minimum absolute atomic E-state index is 0.480. The van der Waals surface area contributed by atoms with E-state index in [1.807, 2.05) is 24.3 Å². The number of anilines is 1. The van der Waals surface area contributed by atoms with Gasteiger partial charge in [0.25, 0.3) is 0 Å². The Labute approximate surface area is 131 Å². The van der Waals surface area contributed by atoms with Crippen molar-refractivity contribution in [1.29, 1.82) is 0 Å². The summed E-state index contributed by atoms with van der Waals surface area (Å²) in [5.41, 5.74) is 1.77. The van der Waals surface area contributed by atoms with Gasteiger partial charge in [-0.3, -0.25) is 10.3 Å². The Morgan fingerprint density at radius 3 is 2.50 bits per heavy atom. The van der Waals surface area contributed by atoms with Gasteiger partial charge in [0.15, 0.2) is 5.96 Å². The third-order valence-electron chi connectivity index (χ3n) is 2.89. The summed E-state index contributed by atoms with van der Waals surface area (Å²) in [6.07, 6.45) is 0.442. The highest BCUT2D eigenvalue weighted by Crippen LogP contribution is 2.09. The first-order valence-corrected chi connectivity index (χ1v) is 7.07. The Morgan fingerprint density at radius 2 is 1.91 bits per heavy atom. The average molecular weight is 308 g/mol. The number of ether oxygens (including phenoxy) is 2. The number of aliphatic imine (C=N–C) groups is 1. The van der Waals surface area contributed by atoms with Gasteiger partial charge in [0.05, 0.1) is 7.11 Å². The quantitative estimate of drug-likeness (QED) is 0.404. The Bertz CT molecular complexity index is 474. The lowest BCUT2D eigenvalue weighted by molar-refractivity contribution is 0.187. The van der Waals surface area contributed by atoms with Crippen LogP contribution in [0.5, 0.6) is 0 Å². The zero-order chi connectivity index (χ0) is 16.2. The van der Waals surface area contributed by atoms with Gasteiger partial charge in [-0.25, -0.2) is 4.79 Å². The summed E-state index contributed by atoms with van der Waals surface area (Å²) in [5.74, 6) is 0.743. The van der Waals surface area contributed by atoms with Gasteiger partial charge in [0.1, 0.15) is 0 Å². The molecule has 0 aliphatic rings. The van der Waals surface area contributed by atoms with Gasteiger partial charge in [-0.05, 0) is 24.1 Å². The average Bonchev–Trinajstić information content (AvgIpc) is 2.55. The number of guanidine groups is 1. The van der Waals surface area contributed by atoms with Crippen LogP contribution in [0.4, 0.5) is 10.5 Å². The Morgan fingerprint density at radius 1 is 1.18 bits per heavy atom. The van der Waals surface area contributed by atoms with Crippen LogP contribution in [0.15, 0.2) is 29.3 Å². The lowest BCUT2D eigenvalue weighted by Gasteiger charge is -2.12. The largest absolute Gasteiger partial charge is 0.453 e. The first-order valence-electron chi connectivity index (χ1n) is 7.07. The van der Waals surface area contributed by atoms with E-state index >= 15 is 0 Å². The van der Waals surface area contributed by atoms with Crippen LogP contribution < -0.4 is 16.0 Å². The van der Waals surface area contributed by atoms with Crippen molar-refractivity contribution in [2.75, 3.05) is 39.7 Å². The van der Waals surface area contributed by atoms with Crippen LogP contribution in [0, 0.1) is 0 Å². The zero-order valence-corrected chi connectivity index (χ0v) is 13.3. The van der Waals surface area contributed by atoms with Crippen LogP contribution in [0.25, 0.3) is 0 Å². The highest BCUT2D eigenvalue weighted by atomic mass is 16.5. The first-order chi connectivity index (χ1) is 10.7. The fourth-order valence-corrected chi connectivity index (χ4v) is 1.70. The zero-order valence-electron chi connectivity index (χ0n) is 13.3. The maximum absolute atomic E-state index is 11.1. The Hall–Kier alpha value is -2.28. The Kier molecular flexibility index (Phi) is 8.44. The van der Waals surface area contributed by atoms with Gasteiger partial charge in [-0.15, -0.1) is 0 Å². The standard InChI is InChI=1S/C15H24N4O3/c1-16-14(17-9-4-10-21-2)18-11-12-5-7-13(8-6-12)19-15(20)22-3/h5-8H,4,9-11H2,1-3H3,(H,19,20)(H2,16,17,18). The second-order valence-electron chi connectivity index (χ2n) is 4.51. The molecular formula is C15H24N4O3. The number of hydrogen-bond donors (Lipinski definition) is 3. The number of nitrogens with zero attached hydrogens (tertiary/aromatic N) is 1. The van der Waals surface area contributed by atoms with Crippen molar-refractivity contribution in [2.45, 2.75) is 13.0 Å². The molecule has 0 aliphatic heterocycles. The molecule has 0 aliphatic carbocycles. The summed E-state index contributed by atoms with van der Waals surface area (Å²) < 4.78 is 9.53. The van der Waals surface area contributed by atoms with Crippen LogP contribution in [-0.4, -0.2) is 46.5 Å². The summed E-state index contributed by atoms with van der Waals surface area (Å²) in [5, 5.41) is 9.03. The van der Waals surface area contributed by atoms with E-state index in [1.165, 1.54) is 7.11 Å². The molecule has 1 rings (SSSR count). The van der Waals surface area contributed by atoms with Crippen molar-refractivity contribution >= 4 is 17.7 Å². The van der Waals surface area contributed by atoms with Gasteiger partial charge < -0.3 is 20.1 Å². The van der Waals surface area contributed by atoms with Gasteiger partial charge in [-0.1, -0.05) is 12.1 Å². The third kappa shape index (κ3) is 6.94. The van der Waals surface area contributed by atoms with Crippen molar-refractivity contribution < 1.29 is 14.3 Å². The Balaban J connectivity index is 2.38. The lowest BCUT2D eigenvalue weighted by atomic mass is 10.2. The molecule has 7 heteroatoms. The van der Waals surface area contributed by atoms with Crippen LogP contribution >= 0.6 is 0 Å². The maximum Gasteiger partial charge on any atom is 0.411 e. The van der Waals surface area contributed by atoms with Crippen molar-refractivity contribution in [3.05, 3.63) is 29.8 Å². The number of carbonyl (C=O) groups excluding carboxylic acids is 1. The van der Waals surface area contributed by atoms with Crippen molar-refractivity contribution in [2.24, 2.45) is 4.99 Å². The topological polar surface area (TPSA) is 84.0 Å². The lowest BCUT2D eigenvalue weighted by Crippen LogP contribution is -2.37. The third-order valence-corrected chi connectivity index (χ3v) is 2.89. The van der Waals surface area contributed by atoms with Crippen LogP contribution in [0.2, 0.25) is 0 Å². The second-order valence-corrected chi connectivity index (χ2v) is 4.51. The summed E-state index contributed by atoms with van der Waals surface area (Å²) in [7, 11) is 4.75. The van der Waals surface area contributed by atoms with Gasteiger partial charge in [-0.2, -0.15) is 0 Å². The molecule has 0 unspecified atom stereocenters. The molecule has 1 amide bonds. The van der Waals surface area contributed by atoms with E-state index in [1.54, 1.807) is 14.2 Å². The molecule has 22 heavy (non-hydrogen) atoms. The number of benzene rings is 1. The fourth-order valence-electron chi connectivity index (χ4n) is 1.70. The van der Waals surface area contributed by atoms with E-state index in [2.05, 4.69) is 25.7 Å². The summed E-state index contributed by atoms with van der Waals surface area (Å²) >= 11 is 0. The number of hydrogen-bond acceptors (Lipinski definition) is 4. The maximum atomic E-state index is 11.1. The molecule has 0 heterocycles. The highest BCUT2D eigenvalue weighted by Gasteiger charge is 2.01. The van der Waals surface area contributed by atoms with Crippen LogP contribution in [0.3, 0.4) is 0 Å². The van der Waals surface area contributed by atoms with Crippen LogP contribution in [-0.2, 0) is 16.0 Å². The molecule has 0 fully saturated rings. The van der Waals surface area contributed by atoms with E-state index < -0.39 is 6.09 Å². The molecule has 0 radical (unpaired) electrons. The van der Waals surface area contributed by atoms with Gasteiger partial charge in [0, 0.05) is 39.5 Å². The molecule has 7 nitrogen and oxygen atoms in total. The van der Waals surface area contributed by atoms with Crippen molar-refractivity contribution in [3.8, 4) is 0 Å². The number of amides is 1. The number of methoxy groups -OCH3 is 2. The van der Waals surface area contributed by atoms with E-state index in [0.717, 1.165) is 31.1 Å². The van der Waals surface area contributed by atoms with Crippen LogP contribution in [0.1, 0.15) is 12.0 Å². The molecule has 0 bridgehead atoms. The normalized spacial score (nSPS) is 11.0. The van der Waals surface area contributed by atoms with Gasteiger partial charge >= 0.3 is 6.09 Å². The summed E-state index contributed by atoms with van der Waals surface area (Å²) in [6, 6.07) is 7.50. The minimum atomic E-state index is -0.480. The SMILES string of the molecule is CN=C(NCCCOC)NCc1ccc(NC(=O)OC)cc1. The predicted molar refractivity (Wildman–Crippen MR) is 87.2 cm³/mol. The molecule has 0 aromatic heterocycles. The van der Waals surface area contributed by atoms with Gasteiger partial charge in [0.2, 0.25) is 0 Å². The number of carbonyl (C=O) groups is 1. The highest BCUT2D eigenvalue weighted by molar-refractivity contribution is 5.84. The second kappa shape index (κ2) is 10.4. The molecule has 0 saturated heterocycles. The molecule has 3 N–H and O–H groups in total. The molecule has 0 saturated carbocycles. The van der Waals surface area contributed by atoms with E-state index in [0.29, 0.717) is 12.2 Å². The molecule has 1 aromatic carbocycles. The van der Waals surface area contributed by atoms with E-state index in [9.17, 15) is 4.79 Å². The summed E-state index contributed by atoms with van der Waals surface area (Å²) in [4.78, 5) is 15.2. The predicted octanol–water partition coefficient (Wildman–Crippen LogP) is 1.57. The van der Waals surface area contributed by atoms with E-state index in [-0.39, 0.29) is 0 Å². The molecule has 0 spiro atoms.